The van der Waals surface area contributed by atoms with Gasteiger partial charge in [-0.1, -0.05) is 0 Å². The lowest BCUT2D eigenvalue weighted by molar-refractivity contribution is -0.142. The Morgan fingerprint density at radius 3 is 2.82 bits per heavy atom. The van der Waals surface area contributed by atoms with Crippen LogP contribution < -0.4 is 10.2 Å². The van der Waals surface area contributed by atoms with E-state index in [0.29, 0.717) is 6.54 Å². The number of amides is 3. The van der Waals surface area contributed by atoms with Crippen LogP contribution in [0.4, 0.5) is 5.13 Å². The summed E-state index contributed by atoms with van der Waals surface area (Å²) in [5.74, 6) is -0.801. The number of thiazole rings is 1. The van der Waals surface area contributed by atoms with Gasteiger partial charge in [0.25, 0.3) is 0 Å². The molecular weight excluding hydrogens is 304 g/mol. The SMILES string of the molecule is O=C(CN1C(=O)CCC1=O)NCC1CCCN1c1nccs1. The van der Waals surface area contributed by atoms with Gasteiger partial charge in [0.15, 0.2) is 5.13 Å². The molecule has 3 rings (SSSR count). The second kappa shape index (κ2) is 6.43. The van der Waals surface area contributed by atoms with Crippen LogP contribution in [0.3, 0.4) is 0 Å². The number of hydrogen-bond donors (Lipinski definition) is 1. The number of carbonyl (C=O) groups is 3. The molecule has 7 nitrogen and oxygen atoms in total. The summed E-state index contributed by atoms with van der Waals surface area (Å²) in [5.41, 5.74) is 0. The number of anilines is 1. The van der Waals surface area contributed by atoms with Crippen molar-refractivity contribution in [2.75, 3.05) is 24.5 Å². The Balaban J connectivity index is 1.50. The Morgan fingerprint density at radius 1 is 1.36 bits per heavy atom. The van der Waals surface area contributed by atoms with Crippen molar-refractivity contribution in [3.8, 4) is 0 Å². The van der Waals surface area contributed by atoms with Gasteiger partial charge in [0.05, 0.1) is 0 Å². The van der Waals surface area contributed by atoms with Crippen molar-refractivity contribution in [3.63, 3.8) is 0 Å². The molecule has 0 spiro atoms. The van der Waals surface area contributed by atoms with E-state index in [9.17, 15) is 14.4 Å². The van der Waals surface area contributed by atoms with Gasteiger partial charge in [0.1, 0.15) is 6.54 Å². The Kier molecular flexibility index (Phi) is 4.37. The number of rotatable bonds is 5. The van der Waals surface area contributed by atoms with Gasteiger partial charge >= 0.3 is 0 Å². The highest BCUT2D eigenvalue weighted by molar-refractivity contribution is 7.13. The van der Waals surface area contributed by atoms with Crippen LogP contribution in [-0.4, -0.2) is 53.3 Å². The zero-order chi connectivity index (χ0) is 15.5. The molecule has 1 aromatic rings. The van der Waals surface area contributed by atoms with E-state index in [1.165, 1.54) is 0 Å². The average molecular weight is 322 g/mol. The van der Waals surface area contributed by atoms with E-state index in [1.807, 2.05) is 5.38 Å². The summed E-state index contributed by atoms with van der Waals surface area (Å²) < 4.78 is 0. The van der Waals surface area contributed by atoms with E-state index in [-0.39, 0.29) is 43.1 Å². The summed E-state index contributed by atoms with van der Waals surface area (Å²) in [6, 6.07) is 0.222. The molecule has 8 heteroatoms. The van der Waals surface area contributed by atoms with E-state index >= 15 is 0 Å². The molecule has 2 aliphatic heterocycles. The van der Waals surface area contributed by atoms with Crippen LogP contribution in [0, 0.1) is 0 Å². The van der Waals surface area contributed by atoms with Crippen LogP contribution in [0.5, 0.6) is 0 Å². The summed E-state index contributed by atoms with van der Waals surface area (Å²) in [6.07, 6.45) is 4.28. The van der Waals surface area contributed by atoms with E-state index in [2.05, 4.69) is 15.2 Å². The first kappa shape index (κ1) is 15.0. The Hall–Kier alpha value is -1.96. The molecule has 0 bridgehead atoms. The van der Waals surface area contributed by atoms with Crippen molar-refractivity contribution in [2.24, 2.45) is 0 Å². The van der Waals surface area contributed by atoms with Gasteiger partial charge in [-0.3, -0.25) is 19.3 Å². The van der Waals surface area contributed by atoms with Crippen LogP contribution in [0.2, 0.25) is 0 Å². The molecule has 0 aromatic carbocycles. The maximum absolute atomic E-state index is 12.0. The van der Waals surface area contributed by atoms with Crippen molar-refractivity contribution in [1.29, 1.82) is 0 Å². The molecule has 118 valence electrons. The lowest BCUT2D eigenvalue weighted by Gasteiger charge is -2.24. The third kappa shape index (κ3) is 3.11. The number of nitrogens with zero attached hydrogens (tertiary/aromatic N) is 3. The molecule has 2 fully saturated rings. The van der Waals surface area contributed by atoms with Gasteiger partial charge in [-0.05, 0) is 12.8 Å². The Morgan fingerprint density at radius 2 is 2.14 bits per heavy atom. The molecule has 3 heterocycles. The minimum atomic E-state index is -0.283. The van der Waals surface area contributed by atoms with Gasteiger partial charge in [-0.2, -0.15) is 0 Å². The highest BCUT2D eigenvalue weighted by Crippen LogP contribution is 2.26. The van der Waals surface area contributed by atoms with Crippen molar-refractivity contribution >= 4 is 34.2 Å². The lowest BCUT2D eigenvalue weighted by Crippen LogP contribution is -2.45. The fraction of sp³-hybridized carbons (Fsp3) is 0.571. The van der Waals surface area contributed by atoms with Gasteiger partial charge in [0, 0.05) is 43.5 Å². The molecule has 3 amide bonds. The van der Waals surface area contributed by atoms with Crippen molar-refractivity contribution in [2.45, 2.75) is 31.7 Å². The number of aromatic nitrogens is 1. The topological polar surface area (TPSA) is 82.6 Å². The molecule has 2 aliphatic rings. The van der Waals surface area contributed by atoms with Crippen molar-refractivity contribution in [1.82, 2.24) is 15.2 Å². The minimum absolute atomic E-state index is 0.165. The predicted molar refractivity (Wildman–Crippen MR) is 81.4 cm³/mol. The predicted octanol–water partition coefficient (Wildman–Crippen LogP) is 0.377. The Labute approximate surface area is 132 Å². The molecule has 0 radical (unpaired) electrons. The number of carbonyl (C=O) groups excluding carboxylic acids is 3. The second-order valence-electron chi connectivity index (χ2n) is 5.48. The molecule has 0 saturated carbocycles. The molecular formula is C14H18N4O3S. The van der Waals surface area contributed by atoms with Gasteiger partial charge in [-0.15, -0.1) is 11.3 Å². The lowest BCUT2D eigenvalue weighted by atomic mass is 10.2. The fourth-order valence-electron chi connectivity index (χ4n) is 2.89. The van der Waals surface area contributed by atoms with Crippen LogP contribution in [0.15, 0.2) is 11.6 Å². The highest BCUT2D eigenvalue weighted by atomic mass is 32.1. The summed E-state index contributed by atoms with van der Waals surface area (Å²) in [6.45, 7) is 1.29. The smallest absolute Gasteiger partial charge is 0.240 e. The molecule has 1 N–H and O–H groups in total. The highest BCUT2D eigenvalue weighted by Gasteiger charge is 2.31. The maximum atomic E-state index is 12.0. The quantitative estimate of drug-likeness (QED) is 0.792. The van der Waals surface area contributed by atoms with Gasteiger partial charge in [-0.25, -0.2) is 4.98 Å². The van der Waals surface area contributed by atoms with Crippen LogP contribution >= 0.6 is 11.3 Å². The van der Waals surface area contributed by atoms with E-state index in [0.717, 1.165) is 29.4 Å². The fourth-order valence-corrected chi connectivity index (χ4v) is 3.63. The first-order chi connectivity index (χ1) is 10.6. The molecule has 1 aromatic heterocycles. The van der Waals surface area contributed by atoms with E-state index < -0.39 is 0 Å². The van der Waals surface area contributed by atoms with Gasteiger partial charge in [0.2, 0.25) is 17.7 Å². The summed E-state index contributed by atoms with van der Waals surface area (Å²) in [7, 11) is 0. The third-order valence-corrected chi connectivity index (χ3v) is 4.84. The first-order valence-electron chi connectivity index (χ1n) is 7.41. The number of nitrogens with one attached hydrogen (secondary N) is 1. The third-order valence-electron chi connectivity index (χ3n) is 4.03. The number of likely N-dealkylation sites (tertiary alicyclic amines) is 1. The monoisotopic (exact) mass is 322 g/mol. The molecule has 1 unspecified atom stereocenters. The minimum Gasteiger partial charge on any atom is -0.352 e. The zero-order valence-electron chi connectivity index (χ0n) is 12.2. The van der Waals surface area contributed by atoms with Gasteiger partial charge < -0.3 is 10.2 Å². The summed E-state index contributed by atoms with van der Waals surface area (Å²) in [5, 5.41) is 5.75. The van der Waals surface area contributed by atoms with Crippen LogP contribution in [0.25, 0.3) is 0 Å². The standard InChI is InChI=1S/C14H18N4O3S/c19-11(9-18-12(20)3-4-13(18)21)16-8-10-2-1-6-17(10)14-15-5-7-22-14/h5,7,10H,1-4,6,8-9H2,(H,16,19). The molecule has 0 aliphatic carbocycles. The summed E-state index contributed by atoms with van der Waals surface area (Å²) >= 11 is 1.59. The molecule has 22 heavy (non-hydrogen) atoms. The molecule has 1 atom stereocenters. The average Bonchev–Trinajstić information content (AvgIpc) is 3.21. The van der Waals surface area contributed by atoms with Crippen LogP contribution in [-0.2, 0) is 14.4 Å². The first-order valence-corrected chi connectivity index (χ1v) is 8.29. The van der Waals surface area contributed by atoms with E-state index in [4.69, 9.17) is 0 Å². The molecule has 2 saturated heterocycles. The summed E-state index contributed by atoms with van der Waals surface area (Å²) in [4.78, 5) is 42.5. The van der Waals surface area contributed by atoms with Crippen molar-refractivity contribution in [3.05, 3.63) is 11.6 Å². The number of imide groups is 1. The number of hydrogen-bond acceptors (Lipinski definition) is 6. The van der Waals surface area contributed by atoms with Crippen molar-refractivity contribution < 1.29 is 14.4 Å². The largest absolute Gasteiger partial charge is 0.352 e. The van der Waals surface area contributed by atoms with Crippen LogP contribution in [0.1, 0.15) is 25.7 Å². The second-order valence-corrected chi connectivity index (χ2v) is 6.35. The Bertz CT molecular complexity index is 559. The van der Waals surface area contributed by atoms with E-state index in [1.54, 1.807) is 17.5 Å². The normalized spacial score (nSPS) is 21.7. The zero-order valence-corrected chi connectivity index (χ0v) is 13.0. The maximum Gasteiger partial charge on any atom is 0.240 e.